The van der Waals surface area contributed by atoms with E-state index in [1.807, 2.05) is 0 Å². The van der Waals surface area contributed by atoms with Crippen molar-refractivity contribution < 1.29 is 13.9 Å². The van der Waals surface area contributed by atoms with Crippen molar-refractivity contribution in [2.45, 2.75) is 6.54 Å². The number of aromatic nitrogens is 1. The van der Waals surface area contributed by atoms with Crippen molar-refractivity contribution in [3.05, 3.63) is 82.2 Å². The van der Waals surface area contributed by atoms with E-state index in [0.717, 1.165) is 0 Å². The van der Waals surface area contributed by atoms with E-state index in [0.29, 0.717) is 27.0 Å². The summed E-state index contributed by atoms with van der Waals surface area (Å²) in [5, 5.41) is 6.12. The van der Waals surface area contributed by atoms with Crippen molar-refractivity contribution in [3.63, 3.8) is 0 Å². The van der Waals surface area contributed by atoms with E-state index < -0.39 is 11.8 Å². The highest BCUT2D eigenvalue weighted by Gasteiger charge is 2.10. The molecule has 0 saturated carbocycles. The second-order valence-corrected chi connectivity index (χ2v) is 6.30. The van der Waals surface area contributed by atoms with Crippen molar-refractivity contribution in [2.75, 3.05) is 5.32 Å². The summed E-state index contributed by atoms with van der Waals surface area (Å²) >= 11 is 11.9. The zero-order valence-electron chi connectivity index (χ0n) is 13.9. The lowest BCUT2D eigenvalue weighted by Crippen LogP contribution is -2.28. The minimum Gasteiger partial charge on any atom is -0.439 e. The molecule has 0 atom stereocenters. The maximum atomic E-state index is 13.3. The summed E-state index contributed by atoms with van der Waals surface area (Å²) in [7, 11) is 0. The van der Waals surface area contributed by atoms with Crippen LogP contribution in [0.15, 0.2) is 60.8 Å². The van der Waals surface area contributed by atoms with Crippen LogP contribution < -0.4 is 15.4 Å². The Bertz CT molecular complexity index is 969. The molecule has 3 aromatic rings. The fourth-order valence-electron chi connectivity index (χ4n) is 2.23. The number of hydrogen-bond acceptors (Lipinski definition) is 3. The summed E-state index contributed by atoms with van der Waals surface area (Å²) in [6, 6.07) is 13.5. The smallest absolute Gasteiger partial charge is 0.319 e. The first-order valence-corrected chi connectivity index (χ1v) is 8.64. The van der Waals surface area contributed by atoms with Crippen molar-refractivity contribution in [3.8, 4) is 11.6 Å². The number of rotatable bonds is 5. The minimum absolute atomic E-state index is 0.141. The normalized spacial score (nSPS) is 10.3. The van der Waals surface area contributed by atoms with E-state index in [1.165, 1.54) is 18.2 Å². The second kappa shape index (κ2) is 8.70. The Morgan fingerprint density at radius 1 is 1.11 bits per heavy atom. The molecule has 0 aliphatic carbocycles. The van der Waals surface area contributed by atoms with Crippen LogP contribution in [0.2, 0.25) is 10.0 Å². The minimum atomic E-state index is -0.472. The van der Waals surface area contributed by atoms with Crippen LogP contribution in [-0.4, -0.2) is 11.0 Å². The van der Waals surface area contributed by atoms with E-state index in [4.69, 9.17) is 27.9 Å². The number of pyridine rings is 1. The summed E-state index contributed by atoms with van der Waals surface area (Å²) < 4.78 is 18.9. The SMILES string of the molecule is O=C(NCc1cccnc1Oc1cccc(F)c1)Nc1cc(Cl)ccc1Cl. The van der Waals surface area contributed by atoms with Gasteiger partial charge in [-0.05, 0) is 36.4 Å². The summed E-state index contributed by atoms with van der Waals surface area (Å²) in [6.07, 6.45) is 1.55. The number of halogens is 3. The van der Waals surface area contributed by atoms with Gasteiger partial charge in [-0.25, -0.2) is 14.2 Å². The van der Waals surface area contributed by atoms with Gasteiger partial charge in [0.15, 0.2) is 0 Å². The predicted molar refractivity (Wildman–Crippen MR) is 103 cm³/mol. The molecular weight excluding hydrogens is 392 g/mol. The van der Waals surface area contributed by atoms with Crippen LogP contribution in [0.3, 0.4) is 0 Å². The van der Waals surface area contributed by atoms with Gasteiger partial charge in [0.05, 0.1) is 10.7 Å². The number of anilines is 1. The quantitative estimate of drug-likeness (QED) is 0.576. The number of benzene rings is 2. The summed E-state index contributed by atoms with van der Waals surface area (Å²) in [5.41, 5.74) is 1.01. The molecule has 0 radical (unpaired) electrons. The molecule has 0 unspecified atom stereocenters. The van der Waals surface area contributed by atoms with Gasteiger partial charge in [0.25, 0.3) is 0 Å². The topological polar surface area (TPSA) is 63.2 Å². The molecule has 5 nitrogen and oxygen atoms in total. The molecule has 0 spiro atoms. The summed E-state index contributed by atoms with van der Waals surface area (Å²) in [5.74, 6) is 0.162. The van der Waals surface area contributed by atoms with Gasteiger partial charge in [-0.1, -0.05) is 35.3 Å². The molecule has 1 heterocycles. The molecule has 0 bridgehead atoms. The van der Waals surface area contributed by atoms with Gasteiger partial charge in [0, 0.05) is 29.4 Å². The number of ether oxygens (including phenoxy) is 1. The Morgan fingerprint density at radius 3 is 2.78 bits per heavy atom. The van der Waals surface area contributed by atoms with Gasteiger partial charge >= 0.3 is 6.03 Å². The standard InChI is InChI=1S/C19H14Cl2FN3O2/c20-13-6-7-16(21)17(9-13)25-19(26)24-11-12-3-2-8-23-18(12)27-15-5-1-4-14(22)10-15/h1-10H,11H2,(H2,24,25,26). The van der Waals surface area contributed by atoms with Crippen molar-refractivity contribution in [1.82, 2.24) is 10.3 Å². The lowest BCUT2D eigenvalue weighted by molar-refractivity contribution is 0.251. The Morgan fingerprint density at radius 2 is 1.96 bits per heavy atom. The van der Waals surface area contributed by atoms with Crippen LogP contribution in [0.5, 0.6) is 11.6 Å². The molecule has 1 aromatic heterocycles. The first kappa shape index (κ1) is 18.9. The maximum Gasteiger partial charge on any atom is 0.319 e. The number of amides is 2. The van der Waals surface area contributed by atoms with E-state index in [-0.39, 0.29) is 12.4 Å². The van der Waals surface area contributed by atoms with Gasteiger partial charge in [0.2, 0.25) is 5.88 Å². The fourth-order valence-corrected chi connectivity index (χ4v) is 2.56. The molecule has 2 N–H and O–H groups in total. The maximum absolute atomic E-state index is 13.3. The third-order valence-electron chi connectivity index (χ3n) is 3.48. The lowest BCUT2D eigenvalue weighted by Gasteiger charge is -2.12. The average molecular weight is 406 g/mol. The molecule has 2 amide bonds. The zero-order valence-corrected chi connectivity index (χ0v) is 15.4. The predicted octanol–water partition coefficient (Wildman–Crippen LogP) is 5.64. The highest BCUT2D eigenvalue weighted by molar-refractivity contribution is 6.35. The fraction of sp³-hybridized carbons (Fsp3) is 0.0526. The highest BCUT2D eigenvalue weighted by Crippen LogP contribution is 2.26. The Labute approximate surface area is 165 Å². The third-order valence-corrected chi connectivity index (χ3v) is 4.04. The van der Waals surface area contributed by atoms with E-state index in [2.05, 4.69) is 15.6 Å². The zero-order chi connectivity index (χ0) is 19.2. The van der Waals surface area contributed by atoms with Crippen LogP contribution in [0.4, 0.5) is 14.9 Å². The summed E-state index contributed by atoms with van der Waals surface area (Å²) in [6.45, 7) is 0.141. The third kappa shape index (κ3) is 5.32. The largest absolute Gasteiger partial charge is 0.439 e. The van der Waals surface area contributed by atoms with Crippen molar-refractivity contribution in [2.24, 2.45) is 0 Å². The Balaban J connectivity index is 1.66. The van der Waals surface area contributed by atoms with Crippen LogP contribution in [0.25, 0.3) is 0 Å². The van der Waals surface area contributed by atoms with Crippen LogP contribution >= 0.6 is 23.2 Å². The number of nitrogens with zero attached hydrogens (tertiary/aromatic N) is 1. The van der Waals surface area contributed by atoms with Crippen LogP contribution in [0, 0.1) is 5.82 Å². The van der Waals surface area contributed by atoms with E-state index >= 15 is 0 Å². The van der Waals surface area contributed by atoms with Crippen molar-refractivity contribution >= 4 is 34.9 Å². The second-order valence-electron chi connectivity index (χ2n) is 5.46. The van der Waals surface area contributed by atoms with E-state index in [9.17, 15) is 9.18 Å². The molecule has 2 aromatic carbocycles. The van der Waals surface area contributed by atoms with Crippen molar-refractivity contribution in [1.29, 1.82) is 0 Å². The monoisotopic (exact) mass is 405 g/mol. The molecule has 0 fully saturated rings. The molecule has 8 heteroatoms. The lowest BCUT2D eigenvalue weighted by atomic mass is 10.2. The van der Waals surface area contributed by atoms with Gasteiger partial charge in [-0.15, -0.1) is 0 Å². The van der Waals surface area contributed by atoms with Gasteiger partial charge in [-0.2, -0.15) is 0 Å². The number of carbonyl (C=O) groups is 1. The Kier molecular flexibility index (Phi) is 6.11. The first-order chi connectivity index (χ1) is 13.0. The molecule has 138 valence electrons. The molecule has 0 saturated heterocycles. The highest BCUT2D eigenvalue weighted by atomic mass is 35.5. The van der Waals surface area contributed by atoms with Gasteiger partial charge in [0.1, 0.15) is 11.6 Å². The van der Waals surface area contributed by atoms with Gasteiger partial charge < -0.3 is 15.4 Å². The Hall–Kier alpha value is -2.83. The number of urea groups is 1. The molecule has 3 rings (SSSR count). The molecule has 0 aliphatic heterocycles. The number of hydrogen-bond donors (Lipinski definition) is 2. The molecule has 0 aliphatic rings. The molecule has 27 heavy (non-hydrogen) atoms. The average Bonchev–Trinajstić information content (AvgIpc) is 2.64. The van der Waals surface area contributed by atoms with Crippen LogP contribution in [-0.2, 0) is 6.54 Å². The number of nitrogens with one attached hydrogen (secondary N) is 2. The van der Waals surface area contributed by atoms with E-state index in [1.54, 1.807) is 42.6 Å². The molecular formula is C19H14Cl2FN3O2. The number of carbonyl (C=O) groups excluding carboxylic acids is 1. The summed E-state index contributed by atoms with van der Waals surface area (Å²) in [4.78, 5) is 16.3. The first-order valence-electron chi connectivity index (χ1n) is 7.88. The van der Waals surface area contributed by atoms with Gasteiger partial charge in [-0.3, -0.25) is 0 Å². The van der Waals surface area contributed by atoms with Crippen LogP contribution in [0.1, 0.15) is 5.56 Å².